The zero-order chi connectivity index (χ0) is 12.2. The van der Waals surface area contributed by atoms with Crippen LogP contribution in [0, 0.1) is 11.3 Å². The lowest BCUT2D eigenvalue weighted by Gasteiger charge is -2.18. The highest BCUT2D eigenvalue weighted by Gasteiger charge is 2.26. The smallest absolute Gasteiger partial charge is 0.333 e. The fourth-order valence-electron chi connectivity index (χ4n) is 1.13. The molecule has 7 heteroatoms. The van der Waals surface area contributed by atoms with Crippen LogP contribution in [0.4, 0.5) is 10.5 Å². The van der Waals surface area contributed by atoms with Crippen LogP contribution < -0.4 is 10.0 Å². The Morgan fingerprint density at radius 2 is 1.94 bits per heavy atom. The van der Waals surface area contributed by atoms with Gasteiger partial charge in [0.15, 0.2) is 5.75 Å². The number of rotatable bonds is 3. The van der Waals surface area contributed by atoms with Crippen molar-refractivity contribution in [1.29, 1.82) is 5.26 Å². The number of anilines is 1. The molecule has 0 radical (unpaired) electrons. The molecule has 0 aliphatic carbocycles. The van der Waals surface area contributed by atoms with Gasteiger partial charge in [0, 0.05) is 0 Å². The van der Waals surface area contributed by atoms with Crippen LogP contribution in [0.1, 0.15) is 0 Å². The van der Waals surface area contributed by atoms with Gasteiger partial charge >= 0.3 is 6.03 Å². The molecular weight excluding hydrogens is 230 g/mol. The number of benzene rings is 1. The summed E-state index contributed by atoms with van der Waals surface area (Å²) in [6, 6.07) is 7.96. The van der Waals surface area contributed by atoms with Crippen LogP contribution in [0.5, 0.6) is 0 Å². The molecule has 0 fully saturated rings. The van der Waals surface area contributed by atoms with Crippen LogP contribution >= 0.6 is 0 Å². The van der Waals surface area contributed by atoms with E-state index in [4.69, 9.17) is 11.0 Å². The predicted molar refractivity (Wildman–Crippen MR) is 57.9 cm³/mol. The van der Waals surface area contributed by atoms with E-state index in [9.17, 15) is 13.2 Å². The summed E-state index contributed by atoms with van der Waals surface area (Å²) in [7, 11) is -4.03. The van der Waals surface area contributed by atoms with Crippen LogP contribution in [-0.4, -0.2) is 20.2 Å². The summed E-state index contributed by atoms with van der Waals surface area (Å²) in [5.74, 6) is -0.801. The van der Waals surface area contributed by atoms with Gasteiger partial charge in [-0.25, -0.2) is 13.2 Å². The zero-order valence-electron chi connectivity index (χ0n) is 8.20. The van der Waals surface area contributed by atoms with Gasteiger partial charge in [-0.05, 0) is 12.1 Å². The number of primary amides is 1. The molecule has 0 saturated heterocycles. The molecule has 0 bridgehead atoms. The maximum Gasteiger partial charge on any atom is 0.333 e. The molecule has 0 aromatic heterocycles. The van der Waals surface area contributed by atoms with Gasteiger partial charge < -0.3 is 5.73 Å². The molecule has 0 atom stereocenters. The van der Waals surface area contributed by atoms with Gasteiger partial charge in [0.05, 0.1) is 11.8 Å². The number of carbonyl (C=O) groups excluding carboxylic acids is 1. The topological polar surface area (TPSA) is 104 Å². The summed E-state index contributed by atoms with van der Waals surface area (Å²) >= 11 is 0. The van der Waals surface area contributed by atoms with Crippen LogP contribution in [0.15, 0.2) is 30.3 Å². The Kier molecular flexibility index (Phi) is 3.48. The Balaban J connectivity index is 3.23. The number of sulfonamides is 1. The molecule has 0 saturated carbocycles. The molecule has 0 aliphatic rings. The zero-order valence-corrected chi connectivity index (χ0v) is 9.02. The third-order valence-electron chi connectivity index (χ3n) is 1.72. The van der Waals surface area contributed by atoms with E-state index in [2.05, 4.69) is 0 Å². The van der Waals surface area contributed by atoms with Crippen molar-refractivity contribution in [3.05, 3.63) is 30.3 Å². The highest BCUT2D eigenvalue weighted by Crippen LogP contribution is 2.17. The van der Waals surface area contributed by atoms with Gasteiger partial charge in [0.2, 0.25) is 0 Å². The largest absolute Gasteiger partial charge is 0.350 e. The average molecular weight is 239 g/mol. The van der Waals surface area contributed by atoms with E-state index in [-0.39, 0.29) is 5.69 Å². The molecule has 0 spiro atoms. The third kappa shape index (κ3) is 2.49. The monoisotopic (exact) mass is 239 g/mol. The molecule has 1 rings (SSSR count). The standard InChI is InChI=1S/C9H9N3O3S/c10-6-7-16(14,15)12(9(11)13)8-4-2-1-3-5-8/h1-5H,7H2,(H2,11,13). The first-order valence-corrected chi connectivity index (χ1v) is 5.84. The summed E-state index contributed by atoms with van der Waals surface area (Å²) in [5, 5.41) is 8.37. The van der Waals surface area contributed by atoms with Gasteiger partial charge in [-0.15, -0.1) is 0 Å². The second-order valence-electron chi connectivity index (χ2n) is 2.85. The lowest BCUT2D eigenvalue weighted by molar-refractivity contribution is 0.257. The van der Waals surface area contributed by atoms with Crippen LogP contribution in [-0.2, 0) is 10.0 Å². The van der Waals surface area contributed by atoms with Crippen molar-refractivity contribution in [2.24, 2.45) is 5.73 Å². The number of nitrogens with two attached hydrogens (primary N) is 1. The first-order valence-electron chi connectivity index (χ1n) is 4.23. The molecule has 0 heterocycles. The second-order valence-corrected chi connectivity index (χ2v) is 4.67. The van der Waals surface area contributed by atoms with E-state index in [1.54, 1.807) is 18.2 Å². The lowest BCUT2D eigenvalue weighted by Crippen LogP contribution is -2.41. The van der Waals surface area contributed by atoms with E-state index in [0.717, 1.165) is 0 Å². The molecule has 0 aliphatic heterocycles. The SMILES string of the molecule is N#CCS(=O)(=O)N(C(N)=O)c1ccccc1. The van der Waals surface area contributed by atoms with E-state index in [1.165, 1.54) is 18.2 Å². The Hall–Kier alpha value is -2.07. The fraction of sp³-hybridized carbons (Fsp3) is 0.111. The van der Waals surface area contributed by atoms with Crippen molar-refractivity contribution >= 4 is 21.7 Å². The molecule has 2 N–H and O–H groups in total. The number of urea groups is 1. The minimum Gasteiger partial charge on any atom is -0.350 e. The number of amides is 2. The Labute approximate surface area is 92.9 Å². The van der Waals surface area contributed by atoms with Crippen LogP contribution in [0.2, 0.25) is 0 Å². The Morgan fingerprint density at radius 1 is 1.38 bits per heavy atom. The van der Waals surface area contributed by atoms with Crippen LogP contribution in [0.3, 0.4) is 0 Å². The number of nitrogens with zero attached hydrogens (tertiary/aromatic N) is 2. The number of hydrogen-bond acceptors (Lipinski definition) is 4. The normalized spacial score (nSPS) is 10.4. The molecule has 6 nitrogen and oxygen atoms in total. The highest BCUT2D eigenvalue weighted by atomic mass is 32.2. The quantitative estimate of drug-likeness (QED) is 0.825. The number of nitriles is 1. The maximum absolute atomic E-state index is 11.6. The van der Waals surface area contributed by atoms with Crippen molar-refractivity contribution in [3.63, 3.8) is 0 Å². The summed E-state index contributed by atoms with van der Waals surface area (Å²) in [6.45, 7) is 0. The van der Waals surface area contributed by atoms with Crippen molar-refractivity contribution in [3.8, 4) is 6.07 Å². The number of carbonyl (C=O) groups is 1. The second kappa shape index (κ2) is 4.63. The summed E-state index contributed by atoms with van der Waals surface area (Å²) in [5.41, 5.74) is 5.10. The third-order valence-corrected chi connectivity index (χ3v) is 3.16. The predicted octanol–water partition coefficient (Wildman–Crippen LogP) is 0.425. The molecule has 84 valence electrons. The first kappa shape index (κ1) is 12.0. The van der Waals surface area contributed by atoms with Gasteiger partial charge in [-0.2, -0.15) is 9.57 Å². The van der Waals surface area contributed by atoms with Gasteiger partial charge in [0.25, 0.3) is 10.0 Å². The number of para-hydroxylation sites is 1. The van der Waals surface area contributed by atoms with Gasteiger partial charge in [0.1, 0.15) is 0 Å². The summed E-state index contributed by atoms with van der Waals surface area (Å²) < 4.78 is 23.6. The van der Waals surface area contributed by atoms with Crippen molar-refractivity contribution < 1.29 is 13.2 Å². The Morgan fingerprint density at radius 3 is 2.38 bits per heavy atom. The summed E-state index contributed by atoms with van der Waals surface area (Å²) in [4.78, 5) is 11.1. The maximum atomic E-state index is 11.6. The van der Waals surface area contributed by atoms with E-state index >= 15 is 0 Å². The highest BCUT2D eigenvalue weighted by molar-refractivity contribution is 7.93. The summed E-state index contributed by atoms with van der Waals surface area (Å²) in [6.07, 6.45) is 0. The molecule has 1 aromatic rings. The lowest BCUT2D eigenvalue weighted by atomic mass is 10.3. The van der Waals surface area contributed by atoms with Crippen LogP contribution in [0.25, 0.3) is 0 Å². The molecule has 16 heavy (non-hydrogen) atoms. The average Bonchev–Trinajstić information content (AvgIpc) is 2.17. The molecule has 0 unspecified atom stereocenters. The molecule has 2 amide bonds. The van der Waals surface area contributed by atoms with Gasteiger partial charge in [-0.3, -0.25) is 0 Å². The minimum absolute atomic E-state index is 0.116. The Bertz CT molecular complexity index is 519. The minimum atomic E-state index is -4.03. The fourth-order valence-corrected chi connectivity index (χ4v) is 2.14. The first-order chi connectivity index (χ1) is 7.49. The molecule has 1 aromatic carbocycles. The van der Waals surface area contributed by atoms with Crippen molar-refractivity contribution in [2.75, 3.05) is 10.1 Å². The van der Waals surface area contributed by atoms with E-state index in [1.807, 2.05) is 0 Å². The van der Waals surface area contributed by atoms with Gasteiger partial charge in [-0.1, -0.05) is 18.2 Å². The van der Waals surface area contributed by atoms with Crippen molar-refractivity contribution in [1.82, 2.24) is 0 Å². The van der Waals surface area contributed by atoms with E-state index in [0.29, 0.717) is 4.31 Å². The van der Waals surface area contributed by atoms with E-state index < -0.39 is 21.8 Å². The van der Waals surface area contributed by atoms with Crippen molar-refractivity contribution in [2.45, 2.75) is 0 Å². The number of hydrogen-bond donors (Lipinski definition) is 1. The molecular formula is C9H9N3O3S.